The van der Waals surface area contributed by atoms with Gasteiger partial charge >= 0.3 is 0 Å². The molecule has 1 N–H and O–H groups in total. The van der Waals surface area contributed by atoms with Crippen molar-refractivity contribution in [2.24, 2.45) is 4.99 Å². The van der Waals surface area contributed by atoms with Crippen LogP contribution in [0.2, 0.25) is 0 Å². The predicted molar refractivity (Wildman–Crippen MR) is 80.5 cm³/mol. The number of amides is 1. The molecule has 1 aliphatic rings. The maximum atomic E-state index is 11.5. The van der Waals surface area contributed by atoms with Gasteiger partial charge in [0.25, 0.3) is 0 Å². The molecular weight excluding hydrogens is 258 g/mol. The molecule has 0 spiro atoms. The molecule has 1 atom stereocenters. The fourth-order valence-corrected chi connectivity index (χ4v) is 2.78. The highest BCUT2D eigenvalue weighted by atomic mass is 32.2. The number of rotatable bonds is 4. The largest absolute Gasteiger partial charge is 0.361 e. The van der Waals surface area contributed by atoms with Gasteiger partial charge in [-0.1, -0.05) is 42.1 Å². The SMILES string of the molecule is CN(C)C(=O)CN=C1NC(Cc2ccccc2)CS1. The second-order valence-electron chi connectivity index (χ2n) is 4.75. The van der Waals surface area contributed by atoms with Gasteiger partial charge in [-0.25, -0.2) is 0 Å². The Morgan fingerprint density at radius 1 is 1.42 bits per heavy atom. The van der Waals surface area contributed by atoms with Crippen molar-refractivity contribution >= 4 is 22.8 Å². The van der Waals surface area contributed by atoms with Crippen LogP contribution in [0.15, 0.2) is 35.3 Å². The Kier molecular flexibility index (Phi) is 4.85. The topological polar surface area (TPSA) is 44.7 Å². The van der Waals surface area contributed by atoms with E-state index in [2.05, 4.69) is 34.6 Å². The van der Waals surface area contributed by atoms with Crippen LogP contribution in [0.4, 0.5) is 0 Å². The Labute approximate surface area is 118 Å². The van der Waals surface area contributed by atoms with E-state index in [4.69, 9.17) is 0 Å². The minimum Gasteiger partial charge on any atom is -0.361 e. The van der Waals surface area contributed by atoms with E-state index < -0.39 is 0 Å². The Balaban J connectivity index is 1.83. The number of hydrogen-bond donors (Lipinski definition) is 1. The van der Waals surface area contributed by atoms with Crippen molar-refractivity contribution in [3.63, 3.8) is 0 Å². The van der Waals surface area contributed by atoms with E-state index in [1.54, 1.807) is 30.8 Å². The molecule has 1 amide bonds. The molecule has 5 heteroatoms. The summed E-state index contributed by atoms with van der Waals surface area (Å²) in [6, 6.07) is 10.8. The van der Waals surface area contributed by atoms with Crippen molar-refractivity contribution in [3.8, 4) is 0 Å². The zero-order valence-electron chi connectivity index (χ0n) is 11.3. The first-order chi connectivity index (χ1) is 9.15. The lowest BCUT2D eigenvalue weighted by Gasteiger charge is -2.10. The lowest BCUT2D eigenvalue weighted by Crippen LogP contribution is -2.30. The normalized spacial score (nSPS) is 20.3. The number of nitrogens with zero attached hydrogens (tertiary/aromatic N) is 2. The number of likely N-dealkylation sites (N-methyl/N-ethyl adjacent to an activating group) is 1. The van der Waals surface area contributed by atoms with E-state index in [1.807, 2.05) is 6.07 Å². The Morgan fingerprint density at radius 2 is 2.16 bits per heavy atom. The molecule has 4 nitrogen and oxygen atoms in total. The summed E-state index contributed by atoms with van der Waals surface area (Å²) in [7, 11) is 3.49. The molecule has 1 saturated heterocycles. The highest BCUT2D eigenvalue weighted by molar-refractivity contribution is 8.14. The molecule has 0 radical (unpaired) electrons. The number of carbonyl (C=O) groups is 1. The van der Waals surface area contributed by atoms with Gasteiger partial charge in [0.1, 0.15) is 6.54 Å². The van der Waals surface area contributed by atoms with E-state index in [9.17, 15) is 4.79 Å². The Morgan fingerprint density at radius 3 is 2.84 bits per heavy atom. The van der Waals surface area contributed by atoms with Gasteiger partial charge in [0.15, 0.2) is 5.17 Å². The highest BCUT2D eigenvalue weighted by Crippen LogP contribution is 2.17. The standard InChI is InChI=1S/C14H19N3OS/c1-17(2)13(18)9-15-14-16-12(10-19-14)8-11-6-4-3-5-7-11/h3-7,12H,8-10H2,1-2H3,(H,15,16). The third kappa shape index (κ3) is 4.28. The van der Waals surface area contributed by atoms with Crippen LogP contribution in [0.3, 0.4) is 0 Å². The van der Waals surface area contributed by atoms with Crippen molar-refractivity contribution in [1.82, 2.24) is 10.2 Å². The molecule has 19 heavy (non-hydrogen) atoms. The van der Waals surface area contributed by atoms with Gasteiger partial charge in [-0.2, -0.15) is 0 Å². The van der Waals surface area contributed by atoms with Crippen LogP contribution in [0, 0.1) is 0 Å². The zero-order valence-corrected chi connectivity index (χ0v) is 12.1. The monoisotopic (exact) mass is 277 g/mol. The van der Waals surface area contributed by atoms with E-state index in [0.29, 0.717) is 6.04 Å². The summed E-state index contributed by atoms with van der Waals surface area (Å²) < 4.78 is 0. The number of hydrogen-bond acceptors (Lipinski definition) is 3. The molecule has 0 aromatic heterocycles. The Hall–Kier alpha value is -1.49. The van der Waals surface area contributed by atoms with Gasteiger partial charge in [0.05, 0.1) is 0 Å². The number of carbonyl (C=O) groups excluding carboxylic acids is 1. The summed E-state index contributed by atoms with van der Waals surface area (Å²) in [5, 5.41) is 4.26. The molecule has 0 bridgehead atoms. The first-order valence-corrected chi connectivity index (χ1v) is 7.31. The van der Waals surface area contributed by atoms with Crippen LogP contribution >= 0.6 is 11.8 Å². The van der Waals surface area contributed by atoms with Crippen molar-refractivity contribution < 1.29 is 4.79 Å². The van der Waals surface area contributed by atoms with Crippen molar-refractivity contribution in [2.45, 2.75) is 12.5 Å². The number of benzene rings is 1. The van der Waals surface area contributed by atoms with Gasteiger partial charge in [-0.3, -0.25) is 9.79 Å². The molecule has 1 heterocycles. The van der Waals surface area contributed by atoms with Gasteiger partial charge in [0.2, 0.25) is 5.91 Å². The quantitative estimate of drug-likeness (QED) is 0.904. The molecule has 102 valence electrons. The molecule has 1 aliphatic heterocycles. The average molecular weight is 277 g/mol. The minimum atomic E-state index is 0.0291. The summed E-state index contributed by atoms with van der Waals surface area (Å²) >= 11 is 1.69. The number of nitrogens with one attached hydrogen (secondary N) is 1. The second kappa shape index (κ2) is 6.61. The van der Waals surface area contributed by atoms with E-state index in [1.165, 1.54) is 5.56 Å². The third-order valence-corrected chi connectivity index (χ3v) is 4.02. The molecule has 2 rings (SSSR count). The number of amidine groups is 1. The van der Waals surface area contributed by atoms with Crippen LogP contribution < -0.4 is 5.32 Å². The van der Waals surface area contributed by atoms with Gasteiger partial charge in [-0.05, 0) is 12.0 Å². The second-order valence-corrected chi connectivity index (χ2v) is 5.76. The molecule has 1 fully saturated rings. The van der Waals surface area contributed by atoms with Crippen LogP contribution in [0.25, 0.3) is 0 Å². The smallest absolute Gasteiger partial charge is 0.243 e. The maximum absolute atomic E-state index is 11.5. The molecule has 1 unspecified atom stereocenters. The molecule has 1 aromatic rings. The molecule has 0 saturated carbocycles. The summed E-state index contributed by atoms with van der Waals surface area (Å²) in [5.74, 6) is 1.03. The molecule has 1 aromatic carbocycles. The van der Waals surface area contributed by atoms with Crippen LogP contribution in [-0.4, -0.2) is 48.4 Å². The zero-order chi connectivity index (χ0) is 13.7. The number of aliphatic imine (C=N–C) groups is 1. The first kappa shape index (κ1) is 13.9. The van der Waals surface area contributed by atoms with Crippen molar-refractivity contribution in [3.05, 3.63) is 35.9 Å². The lowest BCUT2D eigenvalue weighted by atomic mass is 10.1. The van der Waals surface area contributed by atoms with Crippen LogP contribution in [-0.2, 0) is 11.2 Å². The Bertz CT molecular complexity index is 459. The van der Waals surface area contributed by atoms with E-state index in [0.717, 1.165) is 17.3 Å². The maximum Gasteiger partial charge on any atom is 0.243 e. The highest BCUT2D eigenvalue weighted by Gasteiger charge is 2.20. The van der Waals surface area contributed by atoms with E-state index >= 15 is 0 Å². The average Bonchev–Trinajstić information content (AvgIpc) is 2.84. The predicted octanol–water partition coefficient (Wildman–Crippen LogP) is 1.38. The summed E-state index contributed by atoms with van der Waals surface area (Å²) in [5.41, 5.74) is 1.33. The summed E-state index contributed by atoms with van der Waals surface area (Å²) in [6.45, 7) is 0.223. The van der Waals surface area contributed by atoms with Crippen molar-refractivity contribution in [2.75, 3.05) is 26.4 Å². The van der Waals surface area contributed by atoms with Crippen molar-refractivity contribution in [1.29, 1.82) is 0 Å². The van der Waals surface area contributed by atoms with Gasteiger partial charge in [-0.15, -0.1) is 0 Å². The van der Waals surface area contributed by atoms with Crippen LogP contribution in [0.5, 0.6) is 0 Å². The fraction of sp³-hybridized carbons (Fsp3) is 0.429. The van der Waals surface area contributed by atoms with E-state index in [-0.39, 0.29) is 12.5 Å². The van der Waals surface area contributed by atoms with Crippen LogP contribution in [0.1, 0.15) is 5.56 Å². The first-order valence-electron chi connectivity index (χ1n) is 6.33. The molecular formula is C14H19N3OS. The summed E-state index contributed by atoms with van der Waals surface area (Å²) in [4.78, 5) is 17.3. The minimum absolute atomic E-state index is 0.0291. The fourth-order valence-electron chi connectivity index (χ4n) is 1.82. The lowest BCUT2D eigenvalue weighted by molar-refractivity contribution is -0.127. The molecule has 0 aliphatic carbocycles. The van der Waals surface area contributed by atoms with Gasteiger partial charge in [0, 0.05) is 25.9 Å². The number of thioether (sulfide) groups is 1. The van der Waals surface area contributed by atoms with Gasteiger partial charge < -0.3 is 10.2 Å². The third-order valence-electron chi connectivity index (χ3n) is 2.93. The summed E-state index contributed by atoms with van der Waals surface area (Å²) in [6.07, 6.45) is 0.995.